The van der Waals surface area contributed by atoms with E-state index >= 15 is 0 Å². The van der Waals surface area contributed by atoms with E-state index in [4.69, 9.17) is 4.74 Å². The second-order valence-corrected chi connectivity index (χ2v) is 18.5. The van der Waals surface area contributed by atoms with Gasteiger partial charge in [0.05, 0.1) is 18.1 Å². The van der Waals surface area contributed by atoms with Gasteiger partial charge in [-0.3, -0.25) is 9.59 Å². The summed E-state index contributed by atoms with van der Waals surface area (Å²) >= 11 is 0. The van der Waals surface area contributed by atoms with Gasteiger partial charge in [-0.1, -0.05) is 183 Å². The van der Waals surface area contributed by atoms with Gasteiger partial charge in [0.1, 0.15) is 0 Å². The number of benzene rings is 7. The fourth-order valence-electron chi connectivity index (χ4n) is 11.4. The quantitative estimate of drug-likeness (QED) is 0.0977. The third-order valence-electron chi connectivity index (χ3n) is 14.7. The van der Waals surface area contributed by atoms with Gasteiger partial charge in [-0.05, 0) is 141 Å². The third-order valence-corrected chi connectivity index (χ3v) is 14.7. The summed E-state index contributed by atoms with van der Waals surface area (Å²) in [6.07, 6.45) is 11.2. The summed E-state index contributed by atoms with van der Waals surface area (Å²) in [6.45, 7) is 0. The van der Waals surface area contributed by atoms with Crippen LogP contribution in [0.15, 0.2) is 193 Å². The van der Waals surface area contributed by atoms with Crippen LogP contribution in [-0.2, 0) is 49.7 Å². The Bertz CT molecular complexity index is 3350. The smallest absolute Gasteiger partial charge is 0.872 e. The summed E-state index contributed by atoms with van der Waals surface area (Å²) in [5.41, 5.74) is 20.2. The number of ketones is 2. The number of fused-ring (bicyclic) bond motifs is 6. The van der Waals surface area contributed by atoms with Crippen LogP contribution in [0, 0.1) is 5.41 Å². The molecule has 5 nitrogen and oxygen atoms in total. The molecule has 0 bridgehead atoms. The van der Waals surface area contributed by atoms with Crippen LogP contribution >= 0.6 is 0 Å². The molecule has 0 aliphatic heterocycles. The van der Waals surface area contributed by atoms with Gasteiger partial charge in [-0.15, -0.1) is 0 Å². The molecule has 0 spiro atoms. The Morgan fingerprint density at radius 3 is 1.69 bits per heavy atom. The molecule has 0 fully saturated rings. The van der Waals surface area contributed by atoms with Crippen LogP contribution in [-0.4, -0.2) is 24.6 Å². The summed E-state index contributed by atoms with van der Waals surface area (Å²) in [4.78, 5) is 38.2. The Kier molecular flexibility index (Phi) is 13.6. The molecule has 0 radical (unpaired) electrons. The summed E-state index contributed by atoms with van der Waals surface area (Å²) in [6, 6.07) is 56.5. The predicted molar refractivity (Wildman–Crippen MR) is 275 cm³/mol. The number of ether oxygens (including phenoxy) is 1. The summed E-state index contributed by atoms with van der Waals surface area (Å²) < 4.78 is 4.81. The van der Waals surface area contributed by atoms with Crippen molar-refractivity contribution in [3.8, 4) is 0 Å². The maximum atomic E-state index is 13.8. The fourth-order valence-corrected chi connectivity index (χ4v) is 11.4. The van der Waals surface area contributed by atoms with Gasteiger partial charge < -0.3 is 9.84 Å². The molecule has 0 heterocycles. The van der Waals surface area contributed by atoms with Crippen molar-refractivity contribution < 1.29 is 43.1 Å². The van der Waals surface area contributed by atoms with E-state index in [-0.39, 0.29) is 49.6 Å². The Morgan fingerprint density at radius 2 is 1.04 bits per heavy atom. The normalized spacial score (nSPS) is 18.2. The van der Waals surface area contributed by atoms with Crippen LogP contribution in [0.4, 0.5) is 0 Å². The molecule has 1 atom stereocenters. The maximum absolute atomic E-state index is 13.8. The molecule has 0 N–H and O–H groups in total. The minimum absolute atomic E-state index is 0. The van der Waals surface area contributed by atoms with E-state index in [2.05, 4.69) is 91.0 Å². The van der Waals surface area contributed by atoms with E-state index in [0.29, 0.717) is 18.4 Å². The zero-order valence-corrected chi connectivity index (χ0v) is 39.0. The first-order chi connectivity index (χ1) is 33.3. The molecule has 0 aromatic heterocycles. The largest absolute Gasteiger partial charge is 1.00 e. The summed E-state index contributed by atoms with van der Waals surface area (Å²) in [5.74, 6) is 0.284. The molecule has 6 aliphatic carbocycles. The second-order valence-electron chi connectivity index (χ2n) is 18.5. The van der Waals surface area contributed by atoms with Gasteiger partial charge in [0.15, 0.2) is 11.6 Å². The van der Waals surface area contributed by atoms with Crippen LogP contribution in [0.25, 0.3) is 22.5 Å². The van der Waals surface area contributed by atoms with E-state index in [9.17, 15) is 19.5 Å². The molecule has 0 saturated heterocycles. The van der Waals surface area contributed by atoms with Crippen molar-refractivity contribution in [1.82, 2.24) is 0 Å². The molecule has 7 aromatic rings. The molecule has 7 aromatic carbocycles. The zero-order chi connectivity index (χ0) is 46.4. The fraction of sp³-hybridized carbons (Fsp3) is 0.172. The SMILES string of the molecule is C.COC(=O)c1ccc(CC2(C3=CCc4ccccc43)Cc3ccccc3C2=O)cc1.O=C1/C(=C2/CCc3ccccc32)Cc2ccccc21.[Li+].[O-]C1=C(C2=CCc3ccccc32)Cc2ccccc21. The summed E-state index contributed by atoms with van der Waals surface area (Å²) in [7, 11) is 1.38. The standard InChI is InChI=1S/C27H22O3.2C18H14O.CH4.Li/c1-30-26(29)20-12-10-18(11-13-20)16-27(17-21-7-3-5-9-23(21)25(27)28)24-15-14-19-6-2-4-8-22(19)24;2*19-18-15-8-4-2-6-13(15)11-17(18)16-10-9-12-5-1-3-7-14(12)16;;/h2-13,15H,14,16-17H2,1H3;1-8H,9-11H2;1-8,10,19H,9,11H2;1H4;/q;;;;+1/p-1/b;17-16-;;;. The molecular weight excluding hydrogens is 856 g/mol. The number of aryl methyl sites for hydroxylation is 1. The molecular formula is C64H53LiO5. The van der Waals surface area contributed by atoms with Crippen LogP contribution in [0.1, 0.15) is 106 Å². The van der Waals surface area contributed by atoms with Crippen molar-refractivity contribution >= 4 is 40.0 Å². The van der Waals surface area contributed by atoms with Crippen molar-refractivity contribution in [3.05, 3.63) is 271 Å². The molecule has 340 valence electrons. The van der Waals surface area contributed by atoms with E-state index in [1.807, 2.05) is 78.9 Å². The molecule has 13 rings (SSSR count). The minimum atomic E-state index is -0.622. The van der Waals surface area contributed by atoms with Crippen molar-refractivity contribution in [2.24, 2.45) is 5.41 Å². The van der Waals surface area contributed by atoms with Gasteiger partial charge in [0.25, 0.3) is 0 Å². The predicted octanol–water partition coefficient (Wildman–Crippen LogP) is 9.50. The molecule has 6 heteroatoms. The first-order valence-electron chi connectivity index (χ1n) is 23.6. The average molecular weight is 909 g/mol. The van der Waals surface area contributed by atoms with Crippen LogP contribution < -0.4 is 24.0 Å². The topological polar surface area (TPSA) is 83.5 Å². The number of methoxy groups -OCH3 is 1. The van der Waals surface area contributed by atoms with Crippen LogP contribution in [0.5, 0.6) is 0 Å². The second kappa shape index (κ2) is 20.0. The van der Waals surface area contributed by atoms with E-state index in [1.54, 1.807) is 12.1 Å². The number of carbonyl (C=O) groups is 3. The molecule has 6 aliphatic rings. The number of esters is 1. The van der Waals surface area contributed by atoms with E-state index < -0.39 is 5.41 Å². The molecule has 1 unspecified atom stereocenters. The number of rotatable bonds is 5. The van der Waals surface area contributed by atoms with Gasteiger partial charge in [-0.2, -0.15) is 0 Å². The Labute approximate surface area is 423 Å². The number of Topliss-reactive ketones (excluding diaryl/α,β-unsaturated/α-hetero) is 2. The number of hydrogen-bond acceptors (Lipinski definition) is 5. The third kappa shape index (κ3) is 8.48. The Balaban J connectivity index is 0.000000134. The van der Waals surface area contributed by atoms with Crippen LogP contribution in [0.3, 0.4) is 0 Å². The van der Waals surface area contributed by atoms with Gasteiger partial charge in [0, 0.05) is 23.1 Å². The average Bonchev–Trinajstić information content (AvgIpc) is 4.26. The van der Waals surface area contributed by atoms with E-state index in [1.165, 1.54) is 51.6 Å². The molecule has 0 amide bonds. The summed E-state index contributed by atoms with van der Waals surface area (Å²) in [5, 5.41) is 12.5. The van der Waals surface area contributed by atoms with E-state index in [0.717, 1.165) is 94.2 Å². The number of carbonyl (C=O) groups excluding carboxylic acids is 3. The van der Waals surface area contributed by atoms with Crippen molar-refractivity contribution in [1.29, 1.82) is 0 Å². The molecule has 70 heavy (non-hydrogen) atoms. The minimum Gasteiger partial charge on any atom is -0.872 e. The monoisotopic (exact) mass is 908 g/mol. The van der Waals surface area contributed by atoms with Gasteiger partial charge >= 0.3 is 24.8 Å². The van der Waals surface area contributed by atoms with Crippen LogP contribution in [0.2, 0.25) is 0 Å². The first kappa shape index (κ1) is 47.8. The molecule has 0 saturated carbocycles. The van der Waals surface area contributed by atoms with Crippen molar-refractivity contribution in [2.75, 3.05) is 7.11 Å². The number of hydrogen-bond donors (Lipinski definition) is 0. The maximum Gasteiger partial charge on any atom is 1.00 e. The number of allylic oxidation sites excluding steroid dienone is 7. The van der Waals surface area contributed by atoms with Gasteiger partial charge in [0.2, 0.25) is 0 Å². The Morgan fingerprint density at radius 1 is 0.529 bits per heavy atom. The van der Waals surface area contributed by atoms with Crippen molar-refractivity contribution in [2.45, 2.75) is 58.8 Å². The first-order valence-corrected chi connectivity index (χ1v) is 23.6. The Hall–Kier alpha value is -7.29. The van der Waals surface area contributed by atoms with Crippen molar-refractivity contribution in [3.63, 3.8) is 0 Å². The zero-order valence-electron chi connectivity index (χ0n) is 39.0. The van der Waals surface area contributed by atoms with Gasteiger partial charge in [-0.25, -0.2) is 4.79 Å².